The van der Waals surface area contributed by atoms with Crippen LogP contribution in [0.5, 0.6) is 0 Å². The van der Waals surface area contributed by atoms with Gasteiger partial charge in [-0.2, -0.15) is 0 Å². The Morgan fingerprint density at radius 3 is 2.71 bits per heavy atom. The van der Waals surface area contributed by atoms with E-state index in [4.69, 9.17) is 0 Å². The molecule has 21 heavy (non-hydrogen) atoms. The highest BCUT2D eigenvalue weighted by Crippen LogP contribution is 2.24. The molecule has 1 aromatic carbocycles. The number of hydrogen-bond acceptors (Lipinski definition) is 2. The number of amides is 1. The summed E-state index contributed by atoms with van der Waals surface area (Å²) in [5.41, 5.74) is 0.927. The van der Waals surface area contributed by atoms with Crippen LogP contribution in [0.3, 0.4) is 0 Å². The Bertz CT molecular complexity index is 472. The molecule has 2 rings (SSSR count). The number of carbonyl (C=O) groups is 1. The van der Waals surface area contributed by atoms with Crippen LogP contribution >= 0.6 is 11.8 Å². The van der Waals surface area contributed by atoms with Gasteiger partial charge in [-0.05, 0) is 18.4 Å². The SMILES string of the molecule is CSc1ccccc1NC(=O)C[NH+](C)C1CC[NH+](C)CC1. The monoisotopic (exact) mass is 309 g/mol. The first-order valence-electron chi connectivity index (χ1n) is 7.66. The number of hydrogen-bond donors (Lipinski definition) is 3. The Labute approximate surface area is 131 Å². The molecule has 0 aliphatic carbocycles. The molecule has 0 saturated carbocycles. The lowest BCUT2D eigenvalue weighted by atomic mass is 10.0. The van der Waals surface area contributed by atoms with Crippen LogP contribution in [-0.2, 0) is 4.79 Å². The number of carbonyl (C=O) groups excluding carboxylic acids is 1. The average molecular weight is 309 g/mol. The standard InChI is InChI=1S/C16H25N3OS/c1-18-10-8-13(9-11-18)19(2)12-16(20)17-14-6-4-5-7-15(14)21-3/h4-7,13H,8-12H2,1-3H3,(H,17,20)/p+2. The van der Waals surface area contributed by atoms with Gasteiger partial charge in [0.15, 0.2) is 6.54 Å². The minimum Gasteiger partial charge on any atom is -0.337 e. The molecule has 0 spiro atoms. The predicted molar refractivity (Wildman–Crippen MR) is 88.2 cm³/mol. The maximum absolute atomic E-state index is 12.3. The van der Waals surface area contributed by atoms with Gasteiger partial charge >= 0.3 is 0 Å². The summed E-state index contributed by atoms with van der Waals surface area (Å²) >= 11 is 1.66. The van der Waals surface area contributed by atoms with Crippen molar-refractivity contribution in [2.75, 3.05) is 45.3 Å². The van der Waals surface area contributed by atoms with E-state index >= 15 is 0 Å². The van der Waals surface area contributed by atoms with Crippen molar-refractivity contribution < 1.29 is 14.6 Å². The minimum absolute atomic E-state index is 0.111. The van der Waals surface area contributed by atoms with Crippen LogP contribution in [0.25, 0.3) is 0 Å². The number of rotatable bonds is 5. The van der Waals surface area contributed by atoms with Gasteiger partial charge in [-0.15, -0.1) is 11.8 Å². The third-order valence-electron chi connectivity index (χ3n) is 4.36. The molecule has 1 heterocycles. The number of piperidine rings is 1. The van der Waals surface area contributed by atoms with Gasteiger partial charge in [0.05, 0.1) is 38.9 Å². The predicted octanol–water partition coefficient (Wildman–Crippen LogP) is -0.461. The third kappa shape index (κ3) is 4.73. The third-order valence-corrected chi connectivity index (χ3v) is 5.15. The van der Waals surface area contributed by atoms with Crippen molar-refractivity contribution >= 4 is 23.4 Å². The highest BCUT2D eigenvalue weighted by Gasteiger charge is 2.27. The van der Waals surface area contributed by atoms with E-state index in [9.17, 15) is 4.79 Å². The number of benzene rings is 1. The molecule has 1 saturated heterocycles. The molecule has 3 N–H and O–H groups in total. The van der Waals surface area contributed by atoms with Crippen LogP contribution in [0.1, 0.15) is 12.8 Å². The molecule has 0 aromatic heterocycles. The first-order chi connectivity index (χ1) is 10.1. The zero-order valence-corrected chi connectivity index (χ0v) is 14.1. The number of likely N-dealkylation sites (tertiary alicyclic amines) is 1. The zero-order valence-electron chi connectivity index (χ0n) is 13.2. The fourth-order valence-corrected chi connectivity index (χ4v) is 3.50. The van der Waals surface area contributed by atoms with Crippen LogP contribution in [-0.4, -0.2) is 51.9 Å². The highest BCUT2D eigenvalue weighted by atomic mass is 32.2. The van der Waals surface area contributed by atoms with Crippen molar-refractivity contribution in [1.82, 2.24) is 0 Å². The second kappa shape index (κ2) is 7.82. The fraction of sp³-hybridized carbons (Fsp3) is 0.562. The highest BCUT2D eigenvalue weighted by molar-refractivity contribution is 7.98. The Morgan fingerprint density at radius 2 is 2.05 bits per heavy atom. The lowest BCUT2D eigenvalue weighted by molar-refractivity contribution is -0.935. The van der Waals surface area contributed by atoms with Gasteiger partial charge in [0.25, 0.3) is 5.91 Å². The smallest absolute Gasteiger partial charge is 0.279 e. The lowest BCUT2D eigenvalue weighted by Crippen LogP contribution is -3.18. The van der Waals surface area contributed by atoms with Crippen LogP contribution in [0.2, 0.25) is 0 Å². The van der Waals surface area contributed by atoms with E-state index < -0.39 is 0 Å². The first kappa shape index (κ1) is 16.3. The van der Waals surface area contributed by atoms with Gasteiger partial charge in [0.1, 0.15) is 0 Å². The van der Waals surface area contributed by atoms with Gasteiger partial charge in [-0.3, -0.25) is 4.79 Å². The largest absolute Gasteiger partial charge is 0.337 e. The first-order valence-corrected chi connectivity index (χ1v) is 8.89. The van der Waals surface area contributed by atoms with Crippen molar-refractivity contribution in [2.45, 2.75) is 23.8 Å². The van der Waals surface area contributed by atoms with Crippen molar-refractivity contribution in [1.29, 1.82) is 0 Å². The van der Waals surface area contributed by atoms with Gasteiger partial charge in [-0.25, -0.2) is 0 Å². The minimum atomic E-state index is 0.111. The molecule has 4 nitrogen and oxygen atoms in total. The Hall–Kier alpha value is -1.04. The fourth-order valence-electron chi connectivity index (χ4n) is 2.94. The van der Waals surface area contributed by atoms with Gasteiger partial charge in [0, 0.05) is 17.7 Å². The molecule has 0 radical (unpaired) electrons. The second-order valence-electron chi connectivity index (χ2n) is 6.00. The molecule has 1 atom stereocenters. The van der Waals surface area contributed by atoms with Crippen LogP contribution < -0.4 is 15.1 Å². The van der Waals surface area contributed by atoms with Crippen LogP contribution in [0, 0.1) is 0 Å². The molecular weight excluding hydrogens is 282 g/mol. The van der Waals surface area contributed by atoms with E-state index in [1.165, 1.54) is 30.8 Å². The van der Waals surface area contributed by atoms with Crippen molar-refractivity contribution in [2.24, 2.45) is 0 Å². The van der Waals surface area contributed by atoms with E-state index in [1.807, 2.05) is 30.5 Å². The second-order valence-corrected chi connectivity index (χ2v) is 6.85. The molecule has 1 unspecified atom stereocenters. The van der Waals surface area contributed by atoms with E-state index in [0.717, 1.165) is 10.6 Å². The average Bonchev–Trinajstić information content (AvgIpc) is 2.48. The topological polar surface area (TPSA) is 38.0 Å². The number of nitrogens with one attached hydrogen (secondary N) is 3. The number of thioether (sulfide) groups is 1. The molecule has 0 bridgehead atoms. The van der Waals surface area contributed by atoms with E-state index in [2.05, 4.69) is 19.4 Å². The van der Waals surface area contributed by atoms with E-state index in [1.54, 1.807) is 16.7 Å². The van der Waals surface area contributed by atoms with E-state index in [-0.39, 0.29) is 5.91 Å². The summed E-state index contributed by atoms with van der Waals surface area (Å²) in [5.74, 6) is 0.111. The number of likely N-dealkylation sites (N-methyl/N-ethyl adjacent to an activating group) is 1. The van der Waals surface area contributed by atoms with Crippen molar-refractivity contribution in [3.8, 4) is 0 Å². The van der Waals surface area contributed by atoms with Crippen LogP contribution in [0.15, 0.2) is 29.2 Å². The zero-order chi connectivity index (χ0) is 15.2. The quantitative estimate of drug-likeness (QED) is 0.644. The summed E-state index contributed by atoms with van der Waals surface area (Å²) in [4.78, 5) is 16.3. The molecule has 1 aliphatic heterocycles. The maximum atomic E-state index is 12.3. The number of quaternary nitrogens is 2. The Kier molecular flexibility index (Phi) is 6.08. The Balaban J connectivity index is 1.86. The van der Waals surface area contributed by atoms with Crippen LogP contribution in [0.4, 0.5) is 5.69 Å². The summed E-state index contributed by atoms with van der Waals surface area (Å²) < 4.78 is 0. The maximum Gasteiger partial charge on any atom is 0.279 e. The summed E-state index contributed by atoms with van der Waals surface area (Å²) in [6, 6.07) is 8.59. The summed E-state index contributed by atoms with van der Waals surface area (Å²) in [6.07, 6.45) is 4.46. The normalized spacial score (nSPS) is 23.6. The molecule has 1 fully saturated rings. The van der Waals surface area contributed by atoms with Crippen molar-refractivity contribution in [3.63, 3.8) is 0 Å². The molecule has 1 amide bonds. The van der Waals surface area contributed by atoms with E-state index in [0.29, 0.717) is 12.6 Å². The Morgan fingerprint density at radius 1 is 1.38 bits per heavy atom. The lowest BCUT2D eigenvalue weighted by Gasteiger charge is -2.30. The number of para-hydroxylation sites is 1. The summed E-state index contributed by atoms with van der Waals surface area (Å²) in [7, 11) is 4.39. The summed E-state index contributed by atoms with van der Waals surface area (Å²) in [5, 5.41) is 3.05. The van der Waals surface area contributed by atoms with Gasteiger partial charge in [-0.1, -0.05) is 12.1 Å². The molecule has 5 heteroatoms. The van der Waals surface area contributed by atoms with Gasteiger partial charge in [0.2, 0.25) is 0 Å². The molecule has 1 aromatic rings. The molecular formula is C16H27N3OS+2. The van der Waals surface area contributed by atoms with Crippen molar-refractivity contribution in [3.05, 3.63) is 24.3 Å². The van der Waals surface area contributed by atoms with Gasteiger partial charge < -0.3 is 15.1 Å². The number of anilines is 1. The molecule has 116 valence electrons. The summed E-state index contributed by atoms with van der Waals surface area (Å²) in [6.45, 7) is 2.99. The molecule has 1 aliphatic rings.